The second-order valence-corrected chi connectivity index (χ2v) is 5.38. The highest BCUT2D eigenvalue weighted by molar-refractivity contribution is 6.05. The standard InChI is InChI=1S/C17H17N5O2/c1-3-15(23)19-12-6-4-5-11(7-12)17(24)20-13-8-14-10(2)21-22-16(14)18-9-13/h4-9H,3H2,1-2H3,(H,19,23)(H,20,24)(H,18,21,22). The molecule has 0 saturated heterocycles. The van der Waals surface area contributed by atoms with Crippen LogP contribution in [0.25, 0.3) is 11.0 Å². The highest BCUT2D eigenvalue weighted by atomic mass is 16.2. The van der Waals surface area contributed by atoms with Crippen LogP contribution in [0.5, 0.6) is 0 Å². The van der Waals surface area contributed by atoms with Gasteiger partial charge in [-0.2, -0.15) is 5.10 Å². The number of fused-ring (bicyclic) bond motifs is 1. The lowest BCUT2D eigenvalue weighted by molar-refractivity contribution is -0.115. The zero-order chi connectivity index (χ0) is 17.1. The Morgan fingerprint density at radius 3 is 2.79 bits per heavy atom. The summed E-state index contributed by atoms with van der Waals surface area (Å²) in [4.78, 5) is 28.1. The third kappa shape index (κ3) is 3.24. The Kier molecular flexibility index (Phi) is 4.24. The number of aryl methyl sites for hydroxylation is 1. The molecule has 2 aromatic heterocycles. The van der Waals surface area contributed by atoms with Crippen molar-refractivity contribution in [3.05, 3.63) is 47.8 Å². The average molecular weight is 323 g/mol. The molecular weight excluding hydrogens is 306 g/mol. The lowest BCUT2D eigenvalue weighted by Gasteiger charge is -2.08. The number of benzene rings is 1. The van der Waals surface area contributed by atoms with Crippen LogP contribution >= 0.6 is 0 Å². The molecule has 0 aliphatic rings. The van der Waals surface area contributed by atoms with Crippen LogP contribution in [0.3, 0.4) is 0 Å². The van der Waals surface area contributed by atoms with Crippen molar-refractivity contribution in [2.75, 3.05) is 10.6 Å². The summed E-state index contributed by atoms with van der Waals surface area (Å²) >= 11 is 0. The van der Waals surface area contributed by atoms with E-state index in [1.54, 1.807) is 37.4 Å². The van der Waals surface area contributed by atoms with Crippen LogP contribution in [0.2, 0.25) is 0 Å². The predicted molar refractivity (Wildman–Crippen MR) is 91.9 cm³/mol. The molecule has 3 rings (SSSR count). The second kappa shape index (κ2) is 6.49. The molecule has 0 bridgehead atoms. The van der Waals surface area contributed by atoms with Crippen molar-refractivity contribution in [1.82, 2.24) is 15.2 Å². The van der Waals surface area contributed by atoms with Crippen molar-refractivity contribution in [2.24, 2.45) is 0 Å². The Hall–Kier alpha value is -3.22. The zero-order valence-corrected chi connectivity index (χ0v) is 13.4. The van der Waals surface area contributed by atoms with Gasteiger partial charge in [0.15, 0.2) is 5.65 Å². The van der Waals surface area contributed by atoms with Crippen molar-refractivity contribution in [3.63, 3.8) is 0 Å². The third-order valence-corrected chi connectivity index (χ3v) is 3.59. The van der Waals surface area contributed by atoms with E-state index in [2.05, 4.69) is 25.8 Å². The number of nitrogens with one attached hydrogen (secondary N) is 3. The number of aromatic nitrogens is 3. The van der Waals surface area contributed by atoms with Crippen LogP contribution in [-0.4, -0.2) is 27.0 Å². The fraction of sp³-hybridized carbons (Fsp3) is 0.176. The molecule has 122 valence electrons. The number of hydrogen-bond acceptors (Lipinski definition) is 4. The molecule has 7 nitrogen and oxygen atoms in total. The van der Waals surface area contributed by atoms with Gasteiger partial charge in [0, 0.05) is 28.8 Å². The first-order valence-electron chi connectivity index (χ1n) is 7.59. The summed E-state index contributed by atoms with van der Waals surface area (Å²) in [5.74, 6) is -0.373. The number of pyridine rings is 1. The Labute approximate surface area is 138 Å². The molecule has 7 heteroatoms. The number of H-pyrrole nitrogens is 1. The van der Waals surface area contributed by atoms with Gasteiger partial charge in [-0.1, -0.05) is 13.0 Å². The van der Waals surface area contributed by atoms with Crippen LogP contribution in [0.15, 0.2) is 36.5 Å². The Morgan fingerprint density at radius 2 is 2.00 bits per heavy atom. The quantitative estimate of drug-likeness (QED) is 0.687. The summed E-state index contributed by atoms with van der Waals surface area (Å²) in [5, 5.41) is 13.3. The molecule has 3 aromatic rings. The molecule has 0 aliphatic heterocycles. The van der Waals surface area contributed by atoms with E-state index in [0.717, 1.165) is 11.1 Å². The maximum Gasteiger partial charge on any atom is 0.255 e. The second-order valence-electron chi connectivity index (χ2n) is 5.38. The minimum atomic E-state index is -0.273. The summed E-state index contributed by atoms with van der Waals surface area (Å²) in [6.07, 6.45) is 1.94. The van der Waals surface area contributed by atoms with E-state index in [1.165, 1.54) is 0 Å². The highest BCUT2D eigenvalue weighted by Crippen LogP contribution is 2.19. The van der Waals surface area contributed by atoms with Gasteiger partial charge in [-0.25, -0.2) is 4.98 Å². The fourth-order valence-electron chi connectivity index (χ4n) is 2.28. The molecule has 0 fully saturated rings. The number of carbonyl (C=O) groups excluding carboxylic acids is 2. The van der Waals surface area contributed by atoms with E-state index in [1.807, 2.05) is 13.0 Å². The largest absolute Gasteiger partial charge is 0.326 e. The van der Waals surface area contributed by atoms with Crippen molar-refractivity contribution >= 4 is 34.2 Å². The lowest BCUT2D eigenvalue weighted by Crippen LogP contribution is -2.14. The molecule has 0 saturated carbocycles. The van der Waals surface area contributed by atoms with E-state index < -0.39 is 0 Å². The molecule has 2 amide bonds. The Morgan fingerprint density at radius 1 is 1.17 bits per heavy atom. The normalized spacial score (nSPS) is 10.6. The van der Waals surface area contributed by atoms with E-state index in [9.17, 15) is 9.59 Å². The van der Waals surface area contributed by atoms with Crippen LogP contribution in [0.4, 0.5) is 11.4 Å². The molecule has 0 atom stereocenters. The van der Waals surface area contributed by atoms with Gasteiger partial charge >= 0.3 is 0 Å². The number of hydrogen-bond donors (Lipinski definition) is 3. The zero-order valence-electron chi connectivity index (χ0n) is 13.4. The number of amides is 2. The smallest absolute Gasteiger partial charge is 0.255 e. The summed E-state index contributed by atoms with van der Waals surface area (Å²) < 4.78 is 0. The predicted octanol–water partition coefficient (Wildman–Crippen LogP) is 2.87. The van der Waals surface area contributed by atoms with Gasteiger partial charge < -0.3 is 10.6 Å². The minimum absolute atomic E-state index is 0.0994. The SMILES string of the molecule is CCC(=O)Nc1cccc(C(=O)Nc2cnc3n[nH]c(C)c3c2)c1. The first-order valence-corrected chi connectivity index (χ1v) is 7.59. The van der Waals surface area contributed by atoms with Crippen molar-refractivity contribution in [1.29, 1.82) is 0 Å². The lowest BCUT2D eigenvalue weighted by atomic mass is 10.1. The summed E-state index contributed by atoms with van der Waals surface area (Å²) in [7, 11) is 0. The van der Waals surface area contributed by atoms with Gasteiger partial charge in [0.25, 0.3) is 5.91 Å². The van der Waals surface area contributed by atoms with E-state index in [0.29, 0.717) is 29.0 Å². The van der Waals surface area contributed by atoms with Crippen molar-refractivity contribution < 1.29 is 9.59 Å². The highest BCUT2D eigenvalue weighted by Gasteiger charge is 2.10. The van der Waals surface area contributed by atoms with Gasteiger partial charge in [-0.05, 0) is 31.2 Å². The van der Waals surface area contributed by atoms with Gasteiger partial charge in [0.2, 0.25) is 5.91 Å². The molecule has 0 spiro atoms. The average Bonchev–Trinajstić information content (AvgIpc) is 2.96. The molecule has 3 N–H and O–H groups in total. The van der Waals surface area contributed by atoms with Crippen LogP contribution in [-0.2, 0) is 4.79 Å². The fourth-order valence-corrected chi connectivity index (χ4v) is 2.28. The molecule has 0 unspecified atom stereocenters. The van der Waals surface area contributed by atoms with Crippen LogP contribution in [0.1, 0.15) is 29.4 Å². The molecule has 0 aliphatic carbocycles. The molecule has 2 heterocycles. The van der Waals surface area contributed by atoms with E-state index >= 15 is 0 Å². The van der Waals surface area contributed by atoms with E-state index in [4.69, 9.17) is 0 Å². The van der Waals surface area contributed by atoms with Gasteiger partial charge in [-0.3, -0.25) is 14.7 Å². The maximum absolute atomic E-state index is 12.4. The maximum atomic E-state index is 12.4. The molecule has 24 heavy (non-hydrogen) atoms. The van der Waals surface area contributed by atoms with E-state index in [-0.39, 0.29) is 11.8 Å². The molecular formula is C17H17N5O2. The number of anilines is 2. The van der Waals surface area contributed by atoms with Gasteiger partial charge in [0.05, 0.1) is 11.9 Å². The number of rotatable bonds is 4. The summed E-state index contributed by atoms with van der Waals surface area (Å²) in [5.41, 5.74) is 3.12. The number of aromatic amines is 1. The van der Waals surface area contributed by atoms with Gasteiger partial charge in [0.1, 0.15) is 0 Å². The summed E-state index contributed by atoms with van der Waals surface area (Å²) in [6, 6.07) is 8.61. The topological polar surface area (TPSA) is 99.8 Å². The van der Waals surface area contributed by atoms with Gasteiger partial charge in [-0.15, -0.1) is 0 Å². The first-order chi connectivity index (χ1) is 11.6. The number of nitrogens with zero attached hydrogens (tertiary/aromatic N) is 2. The van der Waals surface area contributed by atoms with Crippen molar-refractivity contribution in [3.8, 4) is 0 Å². The van der Waals surface area contributed by atoms with Crippen LogP contribution < -0.4 is 10.6 Å². The monoisotopic (exact) mass is 323 g/mol. The summed E-state index contributed by atoms with van der Waals surface area (Å²) in [6.45, 7) is 3.66. The minimum Gasteiger partial charge on any atom is -0.326 e. The van der Waals surface area contributed by atoms with Crippen LogP contribution in [0, 0.1) is 6.92 Å². The molecule has 1 aromatic carbocycles. The molecule has 0 radical (unpaired) electrons. The van der Waals surface area contributed by atoms with Crippen molar-refractivity contribution in [2.45, 2.75) is 20.3 Å². The third-order valence-electron chi connectivity index (χ3n) is 3.59. The first kappa shape index (κ1) is 15.7. The number of carbonyl (C=O) groups is 2. The Bertz CT molecular complexity index is 916. The Balaban J connectivity index is 1.79.